The Kier molecular flexibility index (Phi) is 3.72. The predicted octanol–water partition coefficient (Wildman–Crippen LogP) is -0.974. The average Bonchev–Trinajstić information content (AvgIpc) is 2.80. The fourth-order valence-electron chi connectivity index (χ4n) is 1.79. The van der Waals surface area contributed by atoms with Gasteiger partial charge in [-0.25, -0.2) is 5.84 Å². The van der Waals surface area contributed by atoms with Crippen LogP contribution in [0.2, 0.25) is 0 Å². The summed E-state index contributed by atoms with van der Waals surface area (Å²) in [5.74, 6) is 5.27. The summed E-state index contributed by atoms with van der Waals surface area (Å²) in [5, 5.41) is 3.66. The Bertz CT molecular complexity index is 384. The van der Waals surface area contributed by atoms with Crippen molar-refractivity contribution < 1.29 is 9.32 Å². The van der Waals surface area contributed by atoms with Gasteiger partial charge in [-0.05, 0) is 7.05 Å². The Morgan fingerprint density at radius 1 is 1.53 bits per heavy atom. The molecule has 2 heterocycles. The highest BCUT2D eigenvalue weighted by atomic mass is 16.5. The predicted molar refractivity (Wildman–Crippen MR) is 60.9 cm³/mol. The maximum absolute atomic E-state index is 11.2. The third kappa shape index (κ3) is 3.02. The van der Waals surface area contributed by atoms with E-state index in [2.05, 4.69) is 22.0 Å². The minimum Gasteiger partial charge on any atom is -0.359 e. The van der Waals surface area contributed by atoms with E-state index in [0.29, 0.717) is 12.3 Å². The van der Waals surface area contributed by atoms with Crippen LogP contribution in [0.4, 0.5) is 0 Å². The third-order valence-electron chi connectivity index (χ3n) is 2.90. The largest absolute Gasteiger partial charge is 0.359 e. The standard InChI is InChI=1S/C10H17N5O2/c1-14-2-4-15(5-3-14)7-8-6-9(13-17-8)10(16)12-11/h6H,2-5,7,11H2,1H3,(H,12,16). The highest BCUT2D eigenvalue weighted by molar-refractivity contribution is 5.91. The van der Waals surface area contributed by atoms with E-state index in [1.54, 1.807) is 6.07 Å². The number of nitrogens with one attached hydrogen (secondary N) is 1. The van der Waals surface area contributed by atoms with Gasteiger partial charge in [0.05, 0.1) is 6.54 Å². The number of aromatic nitrogens is 1. The first-order valence-electron chi connectivity index (χ1n) is 5.56. The minimum absolute atomic E-state index is 0.219. The Morgan fingerprint density at radius 2 is 2.24 bits per heavy atom. The monoisotopic (exact) mass is 239 g/mol. The van der Waals surface area contributed by atoms with E-state index in [9.17, 15) is 4.79 Å². The van der Waals surface area contributed by atoms with Gasteiger partial charge >= 0.3 is 0 Å². The van der Waals surface area contributed by atoms with Crippen molar-refractivity contribution in [1.29, 1.82) is 0 Å². The summed E-state index contributed by atoms with van der Waals surface area (Å²) in [7, 11) is 2.11. The van der Waals surface area contributed by atoms with Crippen molar-refractivity contribution in [3.05, 3.63) is 17.5 Å². The van der Waals surface area contributed by atoms with E-state index >= 15 is 0 Å². The first-order chi connectivity index (χ1) is 8.19. The molecule has 17 heavy (non-hydrogen) atoms. The molecule has 0 bridgehead atoms. The summed E-state index contributed by atoms with van der Waals surface area (Å²) < 4.78 is 5.10. The van der Waals surface area contributed by atoms with Gasteiger partial charge in [0.25, 0.3) is 5.91 Å². The van der Waals surface area contributed by atoms with Crippen LogP contribution in [0.25, 0.3) is 0 Å². The molecule has 7 heteroatoms. The lowest BCUT2D eigenvalue weighted by Gasteiger charge is -2.31. The summed E-state index contributed by atoms with van der Waals surface area (Å²) in [5.41, 5.74) is 2.24. The fraction of sp³-hybridized carbons (Fsp3) is 0.600. The van der Waals surface area contributed by atoms with Crippen LogP contribution < -0.4 is 11.3 Å². The molecule has 0 unspecified atom stereocenters. The van der Waals surface area contributed by atoms with E-state index in [4.69, 9.17) is 10.4 Å². The summed E-state index contributed by atoms with van der Waals surface area (Å²) in [6, 6.07) is 1.63. The second kappa shape index (κ2) is 5.26. The average molecular weight is 239 g/mol. The van der Waals surface area contributed by atoms with Gasteiger partial charge in [0, 0.05) is 32.2 Å². The molecule has 0 aliphatic carbocycles. The molecule has 0 aromatic carbocycles. The zero-order valence-corrected chi connectivity index (χ0v) is 9.85. The normalized spacial score (nSPS) is 18.2. The first kappa shape index (κ1) is 12.0. The number of nitrogens with zero attached hydrogens (tertiary/aromatic N) is 3. The van der Waals surface area contributed by atoms with Crippen molar-refractivity contribution in [1.82, 2.24) is 20.4 Å². The van der Waals surface area contributed by atoms with Crippen LogP contribution in [-0.2, 0) is 6.54 Å². The lowest BCUT2D eigenvalue weighted by Crippen LogP contribution is -2.43. The van der Waals surface area contributed by atoms with Crippen molar-refractivity contribution in [3.8, 4) is 0 Å². The second-order valence-corrected chi connectivity index (χ2v) is 4.23. The maximum atomic E-state index is 11.2. The number of nitrogens with two attached hydrogens (primary N) is 1. The second-order valence-electron chi connectivity index (χ2n) is 4.23. The molecule has 0 atom stereocenters. The molecule has 1 aromatic heterocycles. The molecule has 0 radical (unpaired) electrons. The zero-order chi connectivity index (χ0) is 12.3. The quantitative estimate of drug-likeness (QED) is 0.401. The first-order valence-corrected chi connectivity index (χ1v) is 5.56. The lowest BCUT2D eigenvalue weighted by molar-refractivity contribution is 0.0944. The van der Waals surface area contributed by atoms with Crippen LogP contribution in [0.15, 0.2) is 10.6 Å². The number of carbonyl (C=O) groups excluding carboxylic acids is 1. The van der Waals surface area contributed by atoms with Crippen LogP contribution in [-0.4, -0.2) is 54.1 Å². The number of hydrogen-bond donors (Lipinski definition) is 2. The van der Waals surface area contributed by atoms with Crippen LogP contribution in [0.3, 0.4) is 0 Å². The van der Waals surface area contributed by atoms with Gasteiger partial charge < -0.3 is 9.42 Å². The van der Waals surface area contributed by atoms with E-state index in [-0.39, 0.29) is 5.69 Å². The summed E-state index contributed by atoms with van der Waals surface area (Å²) in [6.07, 6.45) is 0. The Hall–Kier alpha value is -1.44. The Morgan fingerprint density at radius 3 is 2.88 bits per heavy atom. The van der Waals surface area contributed by atoms with Crippen molar-refractivity contribution in [3.63, 3.8) is 0 Å². The molecule has 94 valence electrons. The molecule has 3 N–H and O–H groups in total. The van der Waals surface area contributed by atoms with Crippen molar-refractivity contribution in [2.24, 2.45) is 5.84 Å². The zero-order valence-electron chi connectivity index (χ0n) is 9.85. The number of carbonyl (C=O) groups is 1. The molecular weight excluding hydrogens is 222 g/mol. The molecule has 1 fully saturated rings. The maximum Gasteiger partial charge on any atom is 0.287 e. The number of rotatable bonds is 3. The minimum atomic E-state index is -0.432. The Labute approximate surface area is 99.5 Å². The van der Waals surface area contributed by atoms with Gasteiger partial charge in [-0.15, -0.1) is 0 Å². The molecule has 7 nitrogen and oxygen atoms in total. The van der Waals surface area contributed by atoms with Gasteiger partial charge in [0.15, 0.2) is 11.5 Å². The van der Waals surface area contributed by atoms with Gasteiger partial charge in [0.2, 0.25) is 0 Å². The third-order valence-corrected chi connectivity index (χ3v) is 2.90. The highest BCUT2D eigenvalue weighted by Crippen LogP contribution is 2.09. The molecule has 1 aliphatic rings. The van der Waals surface area contributed by atoms with E-state index in [1.165, 1.54) is 0 Å². The van der Waals surface area contributed by atoms with Crippen molar-refractivity contribution >= 4 is 5.91 Å². The van der Waals surface area contributed by atoms with Crippen molar-refractivity contribution in [2.75, 3.05) is 33.2 Å². The lowest BCUT2D eigenvalue weighted by atomic mass is 10.3. The fourth-order valence-corrected chi connectivity index (χ4v) is 1.79. The van der Waals surface area contributed by atoms with Crippen LogP contribution in [0.5, 0.6) is 0 Å². The Balaban J connectivity index is 1.90. The van der Waals surface area contributed by atoms with Crippen LogP contribution >= 0.6 is 0 Å². The van der Waals surface area contributed by atoms with Crippen molar-refractivity contribution in [2.45, 2.75) is 6.54 Å². The molecule has 1 amide bonds. The topological polar surface area (TPSA) is 87.6 Å². The van der Waals surface area contributed by atoms with Gasteiger partial charge in [0.1, 0.15) is 0 Å². The van der Waals surface area contributed by atoms with Crippen LogP contribution in [0.1, 0.15) is 16.2 Å². The molecule has 0 spiro atoms. The van der Waals surface area contributed by atoms with Crippen LogP contribution in [0, 0.1) is 0 Å². The highest BCUT2D eigenvalue weighted by Gasteiger charge is 2.17. The van der Waals surface area contributed by atoms with E-state index in [0.717, 1.165) is 26.2 Å². The SMILES string of the molecule is CN1CCN(Cc2cc(C(=O)NN)no2)CC1. The van der Waals surface area contributed by atoms with E-state index < -0.39 is 5.91 Å². The summed E-state index contributed by atoms with van der Waals surface area (Å²) in [6.45, 7) is 4.76. The molecule has 1 aliphatic heterocycles. The number of amides is 1. The number of piperazine rings is 1. The number of nitrogen functional groups attached to an aromatic ring is 1. The van der Waals surface area contributed by atoms with E-state index in [1.807, 2.05) is 5.43 Å². The number of hydrazine groups is 1. The molecule has 1 aromatic rings. The number of likely N-dealkylation sites (N-methyl/N-ethyl adjacent to an activating group) is 1. The number of hydrogen-bond acceptors (Lipinski definition) is 6. The molecule has 1 saturated heterocycles. The summed E-state index contributed by atoms with van der Waals surface area (Å²) >= 11 is 0. The molecule has 0 saturated carbocycles. The summed E-state index contributed by atoms with van der Waals surface area (Å²) in [4.78, 5) is 15.7. The molecular formula is C10H17N5O2. The molecule has 2 rings (SSSR count). The van der Waals surface area contributed by atoms with Gasteiger partial charge in [-0.2, -0.15) is 0 Å². The van der Waals surface area contributed by atoms with Gasteiger partial charge in [-0.3, -0.25) is 15.1 Å². The van der Waals surface area contributed by atoms with Gasteiger partial charge in [-0.1, -0.05) is 5.16 Å². The smallest absolute Gasteiger partial charge is 0.287 e.